The third-order valence-electron chi connectivity index (χ3n) is 2.13. The Morgan fingerprint density at radius 3 is 2.84 bits per heavy atom. The van der Waals surface area contributed by atoms with E-state index in [0.29, 0.717) is 12.4 Å². The van der Waals surface area contributed by atoms with Gasteiger partial charge in [0.25, 0.3) is 0 Å². The van der Waals surface area contributed by atoms with E-state index in [4.69, 9.17) is 4.74 Å². The Labute approximate surface area is 119 Å². The Morgan fingerprint density at radius 1 is 1.32 bits per heavy atom. The number of nitrogens with one attached hydrogen (secondary N) is 1. The second-order valence-corrected chi connectivity index (χ2v) is 5.87. The minimum Gasteiger partial charge on any atom is -0.493 e. The SMILES string of the molecule is CCNc1nnc(SCCOc2ccc(F)cc2)s1. The van der Waals surface area contributed by atoms with Crippen LogP contribution in [0.25, 0.3) is 0 Å². The fourth-order valence-electron chi connectivity index (χ4n) is 1.31. The van der Waals surface area contributed by atoms with Gasteiger partial charge in [-0.1, -0.05) is 23.1 Å². The number of aromatic nitrogens is 2. The van der Waals surface area contributed by atoms with Crippen molar-refractivity contribution in [2.24, 2.45) is 0 Å². The van der Waals surface area contributed by atoms with Crippen molar-refractivity contribution >= 4 is 28.2 Å². The lowest BCUT2D eigenvalue weighted by Crippen LogP contribution is -1.99. The highest BCUT2D eigenvalue weighted by molar-refractivity contribution is 8.01. The van der Waals surface area contributed by atoms with E-state index in [-0.39, 0.29) is 5.82 Å². The summed E-state index contributed by atoms with van der Waals surface area (Å²) in [4.78, 5) is 0. The summed E-state index contributed by atoms with van der Waals surface area (Å²) in [5, 5.41) is 12.0. The molecule has 2 aromatic rings. The molecule has 2 rings (SSSR count). The average Bonchev–Trinajstić information content (AvgIpc) is 2.85. The van der Waals surface area contributed by atoms with E-state index in [1.807, 2.05) is 6.92 Å². The van der Waals surface area contributed by atoms with Gasteiger partial charge < -0.3 is 10.1 Å². The van der Waals surface area contributed by atoms with Crippen molar-refractivity contribution in [3.05, 3.63) is 30.1 Å². The molecule has 0 fully saturated rings. The predicted octanol–water partition coefficient (Wildman–Crippen LogP) is 3.28. The molecule has 1 heterocycles. The Bertz CT molecular complexity index is 504. The van der Waals surface area contributed by atoms with Crippen LogP contribution in [-0.4, -0.2) is 29.1 Å². The number of rotatable bonds is 7. The van der Waals surface area contributed by atoms with Crippen LogP contribution < -0.4 is 10.1 Å². The molecule has 7 heteroatoms. The summed E-state index contributed by atoms with van der Waals surface area (Å²) in [7, 11) is 0. The maximum absolute atomic E-state index is 12.7. The summed E-state index contributed by atoms with van der Waals surface area (Å²) in [6.45, 7) is 3.41. The Morgan fingerprint density at radius 2 is 2.11 bits per heavy atom. The number of hydrogen-bond donors (Lipinski definition) is 1. The van der Waals surface area contributed by atoms with E-state index >= 15 is 0 Å². The predicted molar refractivity (Wildman–Crippen MR) is 76.7 cm³/mol. The maximum Gasteiger partial charge on any atom is 0.206 e. The highest BCUT2D eigenvalue weighted by Gasteiger charge is 2.03. The summed E-state index contributed by atoms with van der Waals surface area (Å²) in [5.74, 6) is 1.19. The zero-order valence-electron chi connectivity index (χ0n) is 10.4. The van der Waals surface area contributed by atoms with Crippen LogP contribution in [0.15, 0.2) is 28.6 Å². The van der Waals surface area contributed by atoms with Gasteiger partial charge in [-0.15, -0.1) is 10.2 Å². The van der Waals surface area contributed by atoms with Gasteiger partial charge in [0.1, 0.15) is 11.6 Å². The van der Waals surface area contributed by atoms with Gasteiger partial charge in [0.15, 0.2) is 4.34 Å². The first-order chi connectivity index (χ1) is 9.28. The number of thioether (sulfide) groups is 1. The van der Waals surface area contributed by atoms with Crippen molar-refractivity contribution < 1.29 is 9.13 Å². The van der Waals surface area contributed by atoms with Gasteiger partial charge in [-0.05, 0) is 31.2 Å². The normalized spacial score (nSPS) is 10.4. The number of nitrogens with zero attached hydrogens (tertiary/aromatic N) is 2. The molecule has 102 valence electrons. The zero-order chi connectivity index (χ0) is 13.5. The van der Waals surface area contributed by atoms with E-state index in [2.05, 4.69) is 15.5 Å². The van der Waals surface area contributed by atoms with Crippen molar-refractivity contribution in [2.45, 2.75) is 11.3 Å². The van der Waals surface area contributed by atoms with Gasteiger partial charge in [-0.25, -0.2) is 4.39 Å². The van der Waals surface area contributed by atoms with Gasteiger partial charge >= 0.3 is 0 Å². The maximum atomic E-state index is 12.7. The summed E-state index contributed by atoms with van der Waals surface area (Å²) in [6.07, 6.45) is 0. The first-order valence-corrected chi connectivity index (χ1v) is 7.66. The van der Waals surface area contributed by atoms with Crippen LogP contribution in [0.3, 0.4) is 0 Å². The van der Waals surface area contributed by atoms with Gasteiger partial charge in [-0.3, -0.25) is 0 Å². The molecule has 0 atom stereocenters. The molecule has 0 saturated heterocycles. The number of halogens is 1. The molecule has 1 aromatic carbocycles. The average molecular weight is 299 g/mol. The molecule has 0 aliphatic heterocycles. The Kier molecular flexibility index (Phi) is 5.41. The van der Waals surface area contributed by atoms with Gasteiger partial charge in [-0.2, -0.15) is 0 Å². The summed E-state index contributed by atoms with van der Waals surface area (Å²) in [6, 6.07) is 6.01. The van der Waals surface area contributed by atoms with Crippen molar-refractivity contribution in [1.82, 2.24) is 10.2 Å². The van der Waals surface area contributed by atoms with Crippen LogP contribution in [0.5, 0.6) is 5.75 Å². The monoisotopic (exact) mass is 299 g/mol. The third kappa shape index (κ3) is 4.68. The van der Waals surface area contributed by atoms with Crippen LogP contribution in [0.4, 0.5) is 9.52 Å². The number of anilines is 1. The van der Waals surface area contributed by atoms with Crippen molar-refractivity contribution in [3.8, 4) is 5.75 Å². The molecule has 0 aliphatic rings. The molecule has 1 aromatic heterocycles. The fraction of sp³-hybridized carbons (Fsp3) is 0.333. The Hall–Kier alpha value is -1.34. The molecule has 0 unspecified atom stereocenters. The lowest BCUT2D eigenvalue weighted by molar-refractivity contribution is 0.343. The number of ether oxygens (including phenoxy) is 1. The van der Waals surface area contributed by atoms with Crippen LogP contribution in [0.2, 0.25) is 0 Å². The first-order valence-electron chi connectivity index (χ1n) is 5.86. The summed E-state index contributed by atoms with van der Waals surface area (Å²) < 4.78 is 19.1. The quantitative estimate of drug-likeness (QED) is 0.628. The van der Waals surface area contributed by atoms with E-state index in [1.54, 1.807) is 23.9 Å². The van der Waals surface area contributed by atoms with Crippen LogP contribution in [0.1, 0.15) is 6.92 Å². The van der Waals surface area contributed by atoms with E-state index < -0.39 is 0 Å². The van der Waals surface area contributed by atoms with E-state index in [0.717, 1.165) is 21.8 Å². The fourth-order valence-corrected chi connectivity index (χ4v) is 3.02. The molecular weight excluding hydrogens is 285 g/mol. The van der Waals surface area contributed by atoms with E-state index in [9.17, 15) is 4.39 Å². The van der Waals surface area contributed by atoms with Crippen molar-refractivity contribution in [1.29, 1.82) is 0 Å². The number of benzene rings is 1. The van der Waals surface area contributed by atoms with Gasteiger partial charge in [0, 0.05) is 12.3 Å². The van der Waals surface area contributed by atoms with E-state index in [1.165, 1.54) is 23.5 Å². The second kappa shape index (κ2) is 7.30. The van der Waals surface area contributed by atoms with Crippen LogP contribution >= 0.6 is 23.1 Å². The summed E-state index contributed by atoms with van der Waals surface area (Å²) >= 11 is 3.13. The molecule has 0 aliphatic carbocycles. The molecular formula is C12H14FN3OS2. The minimum atomic E-state index is -0.258. The molecule has 0 bridgehead atoms. The van der Waals surface area contributed by atoms with Gasteiger partial charge in [0.2, 0.25) is 5.13 Å². The highest BCUT2D eigenvalue weighted by Crippen LogP contribution is 2.25. The van der Waals surface area contributed by atoms with Gasteiger partial charge in [0.05, 0.1) is 6.61 Å². The zero-order valence-corrected chi connectivity index (χ0v) is 12.1. The molecule has 0 saturated carbocycles. The second-order valence-electron chi connectivity index (χ2n) is 3.55. The highest BCUT2D eigenvalue weighted by atomic mass is 32.2. The molecule has 0 radical (unpaired) electrons. The number of hydrogen-bond acceptors (Lipinski definition) is 6. The lowest BCUT2D eigenvalue weighted by atomic mass is 10.3. The van der Waals surface area contributed by atoms with Crippen LogP contribution in [0, 0.1) is 5.82 Å². The standard InChI is InChI=1S/C12H14FN3OS2/c1-2-14-11-15-16-12(19-11)18-8-7-17-10-5-3-9(13)4-6-10/h3-6H,2,7-8H2,1H3,(H,14,15). The Balaban J connectivity index is 1.69. The van der Waals surface area contributed by atoms with Crippen molar-refractivity contribution in [2.75, 3.05) is 24.2 Å². The smallest absolute Gasteiger partial charge is 0.206 e. The molecule has 0 amide bonds. The molecule has 19 heavy (non-hydrogen) atoms. The van der Waals surface area contributed by atoms with Crippen LogP contribution in [-0.2, 0) is 0 Å². The lowest BCUT2D eigenvalue weighted by Gasteiger charge is -2.04. The molecule has 4 nitrogen and oxygen atoms in total. The first kappa shape index (κ1) is 14.1. The van der Waals surface area contributed by atoms with Crippen molar-refractivity contribution in [3.63, 3.8) is 0 Å². The molecule has 0 spiro atoms. The topological polar surface area (TPSA) is 47.0 Å². The largest absolute Gasteiger partial charge is 0.493 e. The molecule has 1 N–H and O–H groups in total. The minimum absolute atomic E-state index is 0.258. The third-order valence-corrected chi connectivity index (χ3v) is 4.10. The summed E-state index contributed by atoms with van der Waals surface area (Å²) in [5.41, 5.74) is 0.